The van der Waals surface area contributed by atoms with Crippen LogP contribution >= 0.6 is 0 Å². The molecule has 0 spiro atoms. The number of fused-ring (bicyclic) bond motifs is 3. The Balaban J connectivity index is 1.40. The molecule has 2 aliphatic rings. The number of ether oxygens (including phenoxy) is 1. The molecule has 2 heterocycles. The molecule has 1 amide bonds. The molecule has 1 fully saturated rings. The topological polar surface area (TPSA) is 59.5 Å². The number of likely N-dealkylation sites (tertiary alicyclic amines) is 1. The molecule has 0 bridgehead atoms. The van der Waals surface area contributed by atoms with E-state index in [1.165, 1.54) is 11.1 Å². The second kappa shape index (κ2) is 9.17. The molecular weight excluding hydrogens is 457 g/mol. The maximum Gasteiger partial charge on any atom is 0.410 e. The van der Waals surface area contributed by atoms with Crippen LogP contribution in [0.3, 0.4) is 0 Å². The molecule has 2 atom stereocenters. The molecule has 2 aromatic carbocycles. The average Bonchev–Trinajstić information content (AvgIpc) is 3.20. The van der Waals surface area contributed by atoms with Gasteiger partial charge in [-0.15, -0.1) is 0 Å². The smallest absolute Gasteiger partial charge is 0.410 e. The number of carbonyl (C=O) groups is 2. The zero-order valence-electron chi connectivity index (χ0n) is 18.7. The Morgan fingerprint density at radius 1 is 1.00 bits per heavy atom. The zero-order valence-corrected chi connectivity index (χ0v) is 18.7. The van der Waals surface area contributed by atoms with Gasteiger partial charge in [-0.1, -0.05) is 54.6 Å². The lowest BCUT2D eigenvalue weighted by molar-refractivity contribution is -0.189. The molecule has 2 unspecified atom stereocenters. The van der Waals surface area contributed by atoms with Crippen LogP contribution in [0.4, 0.5) is 18.0 Å². The molecule has 180 valence electrons. The minimum atomic E-state index is -4.39. The van der Waals surface area contributed by atoms with Gasteiger partial charge in [-0.25, -0.2) is 4.79 Å². The van der Waals surface area contributed by atoms with Crippen LogP contribution in [-0.2, 0) is 4.74 Å². The fraction of sp³-hybridized carbons (Fsp3) is 0.296. The molecule has 0 radical (unpaired) electrons. The highest BCUT2D eigenvalue weighted by Crippen LogP contribution is 2.45. The molecule has 1 saturated heterocycles. The summed E-state index contributed by atoms with van der Waals surface area (Å²) in [6.07, 6.45) is -3.76. The lowest BCUT2D eigenvalue weighted by atomic mass is 9.86. The summed E-state index contributed by atoms with van der Waals surface area (Å²) in [5.41, 5.74) is 4.58. The van der Waals surface area contributed by atoms with E-state index >= 15 is 0 Å². The fourth-order valence-corrected chi connectivity index (χ4v) is 5.26. The van der Waals surface area contributed by atoms with Crippen LogP contribution in [0.1, 0.15) is 52.0 Å². The predicted molar refractivity (Wildman–Crippen MR) is 123 cm³/mol. The van der Waals surface area contributed by atoms with Gasteiger partial charge in [-0.2, -0.15) is 13.2 Å². The van der Waals surface area contributed by atoms with E-state index in [4.69, 9.17) is 4.74 Å². The number of halogens is 3. The molecule has 0 saturated carbocycles. The number of carbonyl (C=O) groups excluding carboxylic acids is 2. The lowest BCUT2D eigenvalue weighted by Crippen LogP contribution is -2.45. The number of pyridine rings is 1. The van der Waals surface area contributed by atoms with Crippen molar-refractivity contribution in [2.45, 2.75) is 31.0 Å². The first-order valence-corrected chi connectivity index (χ1v) is 11.5. The van der Waals surface area contributed by atoms with Gasteiger partial charge in [0.25, 0.3) is 0 Å². The van der Waals surface area contributed by atoms with Crippen molar-refractivity contribution in [1.82, 2.24) is 9.88 Å². The standard InChI is InChI=1S/C27H23F3N2O3/c28-27(29,30)17-11-13-32(25(14-17)22-10-5-12-31-24(22)15-33)26(34)35-16-23-20-8-3-1-6-18(20)19-7-2-4-9-21(19)23/h1-10,12,15,17,23,25H,11,13-14,16H2. The van der Waals surface area contributed by atoms with Crippen molar-refractivity contribution < 1.29 is 27.5 Å². The van der Waals surface area contributed by atoms with Crippen molar-refractivity contribution in [1.29, 1.82) is 0 Å². The quantitative estimate of drug-likeness (QED) is 0.420. The summed E-state index contributed by atoms with van der Waals surface area (Å²) in [5.74, 6) is -1.74. The van der Waals surface area contributed by atoms with E-state index < -0.39 is 24.2 Å². The predicted octanol–water partition coefficient (Wildman–Crippen LogP) is 6.16. The summed E-state index contributed by atoms with van der Waals surface area (Å²) >= 11 is 0. The zero-order chi connectivity index (χ0) is 24.6. The Bertz CT molecular complexity index is 1210. The molecule has 8 heteroatoms. The molecule has 5 nitrogen and oxygen atoms in total. The van der Waals surface area contributed by atoms with Gasteiger partial charge in [0.2, 0.25) is 0 Å². The summed E-state index contributed by atoms with van der Waals surface area (Å²) in [6.45, 7) is -0.0644. The van der Waals surface area contributed by atoms with Crippen LogP contribution in [0.25, 0.3) is 11.1 Å². The Morgan fingerprint density at radius 2 is 1.63 bits per heavy atom. The summed E-state index contributed by atoms with van der Waals surface area (Å²) in [4.78, 5) is 30.1. The molecule has 3 aromatic rings. The van der Waals surface area contributed by atoms with Crippen LogP contribution in [0.2, 0.25) is 0 Å². The van der Waals surface area contributed by atoms with Crippen molar-refractivity contribution in [3.63, 3.8) is 0 Å². The number of nitrogens with zero attached hydrogens (tertiary/aromatic N) is 2. The number of benzene rings is 2. The van der Waals surface area contributed by atoms with Crippen LogP contribution in [0.5, 0.6) is 0 Å². The number of piperidine rings is 1. The third kappa shape index (κ3) is 4.29. The minimum absolute atomic E-state index is 0.0248. The van der Waals surface area contributed by atoms with Crippen molar-refractivity contribution in [3.05, 3.63) is 89.2 Å². The van der Waals surface area contributed by atoms with E-state index in [1.54, 1.807) is 12.1 Å². The Hall–Kier alpha value is -3.68. The second-order valence-electron chi connectivity index (χ2n) is 8.87. The van der Waals surface area contributed by atoms with Gasteiger partial charge in [-0.05, 0) is 41.2 Å². The highest BCUT2D eigenvalue weighted by Gasteiger charge is 2.46. The SMILES string of the molecule is O=Cc1ncccc1C1CC(C(F)(F)F)CCN1C(=O)OCC1c2ccccc2-c2ccccc21. The maximum atomic E-state index is 13.6. The molecule has 0 N–H and O–H groups in total. The third-order valence-corrected chi connectivity index (χ3v) is 6.98. The number of amides is 1. The van der Waals surface area contributed by atoms with Gasteiger partial charge < -0.3 is 9.64 Å². The van der Waals surface area contributed by atoms with E-state index in [0.717, 1.165) is 22.3 Å². The molecule has 5 rings (SSSR count). The Morgan fingerprint density at radius 3 is 2.26 bits per heavy atom. The van der Waals surface area contributed by atoms with Crippen LogP contribution in [0, 0.1) is 5.92 Å². The number of alkyl halides is 3. The summed E-state index contributed by atoms with van der Waals surface area (Å²) in [6, 6.07) is 18.0. The lowest BCUT2D eigenvalue weighted by Gasteiger charge is -2.39. The highest BCUT2D eigenvalue weighted by molar-refractivity contribution is 5.79. The van der Waals surface area contributed by atoms with Crippen molar-refractivity contribution in [2.24, 2.45) is 5.92 Å². The van der Waals surface area contributed by atoms with Gasteiger partial charge in [0, 0.05) is 24.2 Å². The number of aromatic nitrogens is 1. The second-order valence-corrected chi connectivity index (χ2v) is 8.87. The minimum Gasteiger partial charge on any atom is -0.448 e. The Kier molecular flexibility index (Phi) is 6.05. The van der Waals surface area contributed by atoms with Crippen molar-refractivity contribution in [2.75, 3.05) is 13.2 Å². The van der Waals surface area contributed by atoms with E-state index in [0.29, 0.717) is 11.8 Å². The summed E-state index contributed by atoms with van der Waals surface area (Å²) in [5, 5.41) is 0. The van der Waals surface area contributed by atoms with Gasteiger partial charge >= 0.3 is 12.3 Å². The fourth-order valence-electron chi connectivity index (χ4n) is 5.26. The maximum absolute atomic E-state index is 13.6. The molecule has 35 heavy (non-hydrogen) atoms. The largest absolute Gasteiger partial charge is 0.448 e. The van der Waals surface area contributed by atoms with E-state index in [9.17, 15) is 22.8 Å². The monoisotopic (exact) mass is 480 g/mol. The first kappa shape index (κ1) is 23.1. The van der Waals surface area contributed by atoms with Gasteiger partial charge in [0.1, 0.15) is 12.3 Å². The van der Waals surface area contributed by atoms with Crippen LogP contribution < -0.4 is 0 Å². The normalized spacial score (nSPS) is 19.7. The Labute approximate surface area is 200 Å². The average molecular weight is 480 g/mol. The van der Waals surface area contributed by atoms with Gasteiger partial charge in [-0.3, -0.25) is 9.78 Å². The van der Waals surface area contributed by atoms with Crippen LogP contribution in [0.15, 0.2) is 66.9 Å². The molecule has 1 aliphatic heterocycles. The number of aldehydes is 1. The first-order chi connectivity index (χ1) is 16.9. The number of rotatable bonds is 4. The number of hydrogen-bond acceptors (Lipinski definition) is 4. The highest BCUT2D eigenvalue weighted by atomic mass is 19.4. The first-order valence-electron chi connectivity index (χ1n) is 11.5. The van der Waals surface area contributed by atoms with Gasteiger partial charge in [0.15, 0.2) is 6.29 Å². The molecular formula is C27H23F3N2O3. The van der Waals surface area contributed by atoms with Crippen LogP contribution in [-0.4, -0.2) is 41.6 Å². The molecule has 1 aliphatic carbocycles. The molecule has 1 aromatic heterocycles. The summed E-state index contributed by atoms with van der Waals surface area (Å²) in [7, 11) is 0. The van der Waals surface area contributed by atoms with Gasteiger partial charge in [0.05, 0.1) is 12.0 Å². The van der Waals surface area contributed by atoms with Crippen molar-refractivity contribution >= 4 is 12.4 Å². The van der Waals surface area contributed by atoms with E-state index in [-0.39, 0.29) is 37.6 Å². The summed E-state index contributed by atoms with van der Waals surface area (Å²) < 4.78 is 46.4. The van der Waals surface area contributed by atoms with Crippen molar-refractivity contribution in [3.8, 4) is 11.1 Å². The van der Waals surface area contributed by atoms with E-state index in [2.05, 4.69) is 4.98 Å². The van der Waals surface area contributed by atoms with E-state index in [1.807, 2.05) is 48.5 Å². The third-order valence-electron chi connectivity index (χ3n) is 6.98. The number of hydrogen-bond donors (Lipinski definition) is 0.